The molecular weight excluding hydrogens is 344 g/mol. The van der Waals surface area contributed by atoms with Gasteiger partial charge in [0.15, 0.2) is 0 Å². The minimum atomic E-state index is -0.313. The maximum Gasteiger partial charge on any atom is 0.225 e. The number of hydrogen-bond acceptors (Lipinski definition) is 4. The lowest BCUT2D eigenvalue weighted by atomic mass is 10.1. The van der Waals surface area contributed by atoms with E-state index in [2.05, 4.69) is 5.32 Å². The molecule has 1 heterocycles. The molecule has 142 valence electrons. The van der Waals surface area contributed by atoms with Gasteiger partial charge in [-0.3, -0.25) is 9.59 Å². The van der Waals surface area contributed by atoms with E-state index in [-0.39, 0.29) is 24.2 Å². The third kappa shape index (κ3) is 5.23. The van der Waals surface area contributed by atoms with E-state index in [1.54, 1.807) is 12.0 Å². The Bertz CT molecular complexity index is 762. The molecule has 1 aliphatic rings. The van der Waals surface area contributed by atoms with Crippen LogP contribution in [-0.4, -0.2) is 43.5 Å². The van der Waals surface area contributed by atoms with E-state index in [9.17, 15) is 9.59 Å². The van der Waals surface area contributed by atoms with Crippen molar-refractivity contribution in [2.75, 3.05) is 26.8 Å². The van der Waals surface area contributed by atoms with Crippen LogP contribution >= 0.6 is 0 Å². The third-order valence-corrected chi connectivity index (χ3v) is 4.53. The summed E-state index contributed by atoms with van der Waals surface area (Å²) < 4.78 is 10.7. The van der Waals surface area contributed by atoms with Gasteiger partial charge >= 0.3 is 0 Å². The first kappa shape index (κ1) is 18.8. The van der Waals surface area contributed by atoms with Gasteiger partial charge in [0.1, 0.15) is 18.1 Å². The van der Waals surface area contributed by atoms with Crippen molar-refractivity contribution in [1.82, 2.24) is 10.2 Å². The second-order valence-electron chi connectivity index (χ2n) is 6.48. The summed E-state index contributed by atoms with van der Waals surface area (Å²) in [6, 6.07) is 17.1. The van der Waals surface area contributed by atoms with Crippen LogP contribution in [0.25, 0.3) is 0 Å². The number of nitrogens with zero attached hydrogens (tertiary/aromatic N) is 1. The number of para-hydroxylation sites is 1. The smallest absolute Gasteiger partial charge is 0.225 e. The van der Waals surface area contributed by atoms with Gasteiger partial charge < -0.3 is 19.7 Å². The normalized spacial score (nSPS) is 16.3. The molecule has 6 heteroatoms. The molecule has 1 fully saturated rings. The first-order valence-corrected chi connectivity index (χ1v) is 9.02. The summed E-state index contributed by atoms with van der Waals surface area (Å²) in [5.74, 6) is 1.14. The fraction of sp³-hybridized carbons (Fsp3) is 0.333. The van der Waals surface area contributed by atoms with Crippen molar-refractivity contribution in [2.45, 2.75) is 13.0 Å². The summed E-state index contributed by atoms with van der Waals surface area (Å²) in [6.45, 7) is 1.75. The zero-order chi connectivity index (χ0) is 19.1. The summed E-state index contributed by atoms with van der Waals surface area (Å²) in [7, 11) is 1.62. The first-order chi connectivity index (χ1) is 13.2. The highest BCUT2D eigenvalue weighted by Crippen LogP contribution is 2.21. The fourth-order valence-electron chi connectivity index (χ4n) is 3.06. The largest absolute Gasteiger partial charge is 0.497 e. The Labute approximate surface area is 159 Å². The van der Waals surface area contributed by atoms with E-state index in [0.717, 1.165) is 17.1 Å². The molecule has 0 saturated carbocycles. The lowest BCUT2D eigenvalue weighted by Gasteiger charge is -2.17. The number of hydrogen-bond donors (Lipinski definition) is 1. The van der Waals surface area contributed by atoms with Crippen LogP contribution in [0.1, 0.15) is 12.0 Å². The molecule has 0 aliphatic carbocycles. The number of nitrogens with one attached hydrogen (secondary N) is 1. The van der Waals surface area contributed by atoms with Gasteiger partial charge in [-0.1, -0.05) is 30.3 Å². The monoisotopic (exact) mass is 368 g/mol. The molecule has 0 bridgehead atoms. The highest BCUT2D eigenvalue weighted by molar-refractivity contribution is 5.89. The topological polar surface area (TPSA) is 67.9 Å². The van der Waals surface area contributed by atoms with Gasteiger partial charge in [0.2, 0.25) is 11.8 Å². The van der Waals surface area contributed by atoms with Crippen LogP contribution in [0, 0.1) is 5.92 Å². The Morgan fingerprint density at radius 3 is 2.56 bits per heavy atom. The Kier molecular flexibility index (Phi) is 6.30. The molecule has 0 unspecified atom stereocenters. The predicted octanol–water partition coefficient (Wildman–Crippen LogP) is 2.24. The molecular formula is C21H24N2O4. The molecule has 2 amide bonds. The van der Waals surface area contributed by atoms with Gasteiger partial charge in [-0.15, -0.1) is 0 Å². The molecule has 2 aromatic rings. The summed E-state index contributed by atoms with van der Waals surface area (Å²) in [5.41, 5.74) is 1.02. The number of amides is 2. The fourth-order valence-corrected chi connectivity index (χ4v) is 3.06. The predicted molar refractivity (Wildman–Crippen MR) is 101 cm³/mol. The van der Waals surface area contributed by atoms with Crippen LogP contribution in [0.15, 0.2) is 54.6 Å². The van der Waals surface area contributed by atoms with E-state index < -0.39 is 0 Å². The molecule has 3 rings (SSSR count). The van der Waals surface area contributed by atoms with Crippen molar-refractivity contribution in [1.29, 1.82) is 0 Å². The molecule has 0 aromatic heterocycles. The molecule has 27 heavy (non-hydrogen) atoms. The van der Waals surface area contributed by atoms with Crippen LogP contribution in [0.5, 0.6) is 11.5 Å². The van der Waals surface area contributed by atoms with Crippen molar-refractivity contribution in [3.63, 3.8) is 0 Å². The second-order valence-corrected chi connectivity index (χ2v) is 6.48. The summed E-state index contributed by atoms with van der Waals surface area (Å²) in [6.07, 6.45) is 0.252. The minimum Gasteiger partial charge on any atom is -0.497 e. The van der Waals surface area contributed by atoms with Crippen LogP contribution in [0.3, 0.4) is 0 Å². The van der Waals surface area contributed by atoms with Crippen molar-refractivity contribution in [3.05, 3.63) is 60.2 Å². The third-order valence-electron chi connectivity index (χ3n) is 4.53. The van der Waals surface area contributed by atoms with Gasteiger partial charge in [-0.05, 0) is 29.8 Å². The van der Waals surface area contributed by atoms with E-state index in [4.69, 9.17) is 9.47 Å². The van der Waals surface area contributed by atoms with Gasteiger partial charge in [0.25, 0.3) is 0 Å². The molecule has 1 atom stereocenters. The molecule has 0 radical (unpaired) electrons. The molecule has 1 saturated heterocycles. The van der Waals surface area contributed by atoms with E-state index >= 15 is 0 Å². The molecule has 0 spiro atoms. The van der Waals surface area contributed by atoms with Gasteiger partial charge in [-0.25, -0.2) is 0 Å². The highest BCUT2D eigenvalue weighted by Gasteiger charge is 2.34. The number of carbonyl (C=O) groups excluding carboxylic acids is 2. The quantitative estimate of drug-likeness (QED) is 0.726. The molecule has 1 aliphatic heterocycles. The van der Waals surface area contributed by atoms with Gasteiger partial charge in [0, 0.05) is 19.5 Å². The summed E-state index contributed by atoms with van der Waals surface area (Å²) >= 11 is 0. The lowest BCUT2D eigenvalue weighted by Crippen LogP contribution is -2.35. The standard InChI is InChI=1S/C21H24N2O4/c1-26-18-9-7-16(8-10-18)14-23-15-17(13-20(23)24)21(25)22-11-12-27-19-5-3-2-4-6-19/h2-10,17H,11-15H2,1H3,(H,22,25)/t17-/m0/s1. The van der Waals surface area contributed by atoms with E-state index in [0.29, 0.717) is 26.2 Å². The van der Waals surface area contributed by atoms with E-state index in [1.807, 2.05) is 54.6 Å². The number of methoxy groups -OCH3 is 1. The number of likely N-dealkylation sites (tertiary alicyclic amines) is 1. The SMILES string of the molecule is COc1ccc(CN2C[C@@H](C(=O)NCCOc3ccccc3)CC2=O)cc1. The summed E-state index contributed by atoms with van der Waals surface area (Å²) in [4.78, 5) is 26.3. The summed E-state index contributed by atoms with van der Waals surface area (Å²) in [5, 5.41) is 2.86. The maximum atomic E-state index is 12.3. The number of carbonyl (C=O) groups is 2. The van der Waals surface area contributed by atoms with E-state index in [1.165, 1.54) is 0 Å². The zero-order valence-corrected chi connectivity index (χ0v) is 15.4. The average Bonchev–Trinajstić information content (AvgIpc) is 3.07. The molecule has 1 N–H and O–H groups in total. The average molecular weight is 368 g/mol. The van der Waals surface area contributed by atoms with Crippen molar-refractivity contribution >= 4 is 11.8 Å². The van der Waals surface area contributed by atoms with Crippen LogP contribution < -0.4 is 14.8 Å². The van der Waals surface area contributed by atoms with Gasteiger partial charge in [-0.2, -0.15) is 0 Å². The Morgan fingerprint density at radius 2 is 1.85 bits per heavy atom. The molecule has 2 aromatic carbocycles. The van der Waals surface area contributed by atoms with Crippen molar-refractivity contribution in [3.8, 4) is 11.5 Å². The van der Waals surface area contributed by atoms with Crippen LogP contribution in [0.4, 0.5) is 0 Å². The van der Waals surface area contributed by atoms with Crippen molar-refractivity contribution in [2.24, 2.45) is 5.92 Å². The number of ether oxygens (including phenoxy) is 2. The zero-order valence-electron chi connectivity index (χ0n) is 15.4. The minimum absolute atomic E-state index is 0.00602. The number of benzene rings is 2. The van der Waals surface area contributed by atoms with Crippen LogP contribution in [0.2, 0.25) is 0 Å². The second kappa shape index (κ2) is 9.07. The Hall–Kier alpha value is -3.02. The molecule has 6 nitrogen and oxygen atoms in total. The Morgan fingerprint density at radius 1 is 1.11 bits per heavy atom. The first-order valence-electron chi connectivity index (χ1n) is 9.02. The Balaban J connectivity index is 1.42. The number of rotatable bonds is 8. The maximum absolute atomic E-state index is 12.3. The van der Waals surface area contributed by atoms with Crippen LogP contribution in [-0.2, 0) is 16.1 Å². The highest BCUT2D eigenvalue weighted by atomic mass is 16.5. The van der Waals surface area contributed by atoms with Crippen molar-refractivity contribution < 1.29 is 19.1 Å². The lowest BCUT2D eigenvalue weighted by molar-refractivity contribution is -0.129. The van der Waals surface area contributed by atoms with Gasteiger partial charge in [0.05, 0.1) is 19.6 Å².